The molecule has 2 aliphatic rings. The summed E-state index contributed by atoms with van der Waals surface area (Å²) in [6, 6.07) is 3.33. The largest absolute Gasteiger partial charge is 0.434 e. The monoisotopic (exact) mass is 420 g/mol. The second-order valence-corrected chi connectivity index (χ2v) is 7.41. The first-order valence-corrected chi connectivity index (χ1v) is 9.46. The van der Waals surface area contributed by atoms with Crippen molar-refractivity contribution in [3.05, 3.63) is 47.7 Å². The van der Waals surface area contributed by atoms with Gasteiger partial charge >= 0.3 is 6.09 Å². The summed E-state index contributed by atoms with van der Waals surface area (Å²) in [5.74, 6) is -4.56. The van der Waals surface area contributed by atoms with Crippen LogP contribution in [0.3, 0.4) is 0 Å². The minimum absolute atomic E-state index is 0.0431. The molecule has 0 aliphatic carbocycles. The Hall–Kier alpha value is -3.17. The molecule has 2 aliphatic heterocycles. The van der Waals surface area contributed by atoms with Crippen LogP contribution in [0.15, 0.2) is 30.6 Å². The number of likely N-dealkylation sites (tertiary alicyclic amines) is 1. The van der Waals surface area contributed by atoms with Crippen molar-refractivity contribution in [2.24, 2.45) is 0 Å². The van der Waals surface area contributed by atoms with Crippen molar-refractivity contribution in [2.75, 3.05) is 19.6 Å². The molecule has 7 nitrogen and oxygen atoms in total. The van der Waals surface area contributed by atoms with Gasteiger partial charge in [0, 0.05) is 25.6 Å². The molecule has 2 fully saturated rings. The van der Waals surface area contributed by atoms with Crippen molar-refractivity contribution in [1.82, 2.24) is 19.8 Å². The van der Waals surface area contributed by atoms with Crippen molar-refractivity contribution in [3.63, 3.8) is 0 Å². The normalized spacial score (nSPS) is 18.9. The average Bonchev–Trinajstić information content (AvgIpc) is 3.00. The molecule has 0 radical (unpaired) electrons. The fraction of sp³-hybridized carbons (Fsp3) is 0.400. The number of hydrogen-bond donors (Lipinski definition) is 0. The minimum atomic E-state index is -3.34. The van der Waals surface area contributed by atoms with Crippen LogP contribution in [0.25, 0.3) is 11.3 Å². The zero-order valence-electron chi connectivity index (χ0n) is 16.1. The average molecular weight is 420 g/mol. The van der Waals surface area contributed by atoms with Crippen LogP contribution in [0, 0.1) is 5.82 Å². The molecule has 2 amide bonds. The molecular formula is C20H19F3N4O3. The van der Waals surface area contributed by atoms with E-state index in [-0.39, 0.29) is 30.3 Å². The lowest BCUT2D eigenvalue weighted by Gasteiger charge is -2.32. The Morgan fingerprint density at radius 2 is 2.07 bits per heavy atom. The van der Waals surface area contributed by atoms with Gasteiger partial charge < -0.3 is 9.64 Å². The van der Waals surface area contributed by atoms with Gasteiger partial charge in [0.1, 0.15) is 5.82 Å². The molecule has 0 saturated carbocycles. The Bertz CT molecular complexity index is 992. The van der Waals surface area contributed by atoms with Crippen LogP contribution in [-0.4, -0.2) is 57.5 Å². The predicted molar refractivity (Wildman–Crippen MR) is 98.9 cm³/mol. The number of benzene rings is 1. The maximum absolute atomic E-state index is 13.8. The fourth-order valence-corrected chi connectivity index (χ4v) is 3.34. The van der Waals surface area contributed by atoms with Crippen molar-refractivity contribution >= 4 is 12.0 Å². The summed E-state index contributed by atoms with van der Waals surface area (Å²) < 4.78 is 46.2. The topological polar surface area (TPSA) is 75.6 Å². The summed E-state index contributed by atoms with van der Waals surface area (Å²) >= 11 is 0. The molecule has 1 atom stereocenters. The number of carbonyl (C=O) groups excluding carboxylic acids is 2. The number of carbonyl (C=O) groups is 2. The van der Waals surface area contributed by atoms with Gasteiger partial charge in [0.25, 0.3) is 11.8 Å². The number of amides is 2. The number of nitrogens with zero attached hydrogens (tertiary/aromatic N) is 4. The van der Waals surface area contributed by atoms with Gasteiger partial charge in [-0.05, 0) is 24.6 Å². The maximum Gasteiger partial charge on any atom is 0.411 e. The minimum Gasteiger partial charge on any atom is -0.434 e. The first-order valence-electron chi connectivity index (χ1n) is 9.46. The van der Waals surface area contributed by atoms with Gasteiger partial charge in [-0.1, -0.05) is 0 Å². The van der Waals surface area contributed by atoms with Gasteiger partial charge in [-0.15, -0.1) is 0 Å². The van der Waals surface area contributed by atoms with Crippen LogP contribution in [0.1, 0.15) is 24.6 Å². The molecule has 1 aromatic heterocycles. The first kappa shape index (κ1) is 20.1. The SMILES string of the molecule is CC(F)(F)c1cc(-c2cncc(CN3C[C@H](C(=O)N4CCC4)OC3=O)n2)ccc1F. The van der Waals surface area contributed by atoms with Gasteiger partial charge in [0.15, 0.2) is 6.10 Å². The molecule has 0 unspecified atom stereocenters. The maximum atomic E-state index is 13.8. The lowest BCUT2D eigenvalue weighted by Crippen LogP contribution is -2.48. The molecule has 1 aromatic carbocycles. The van der Waals surface area contributed by atoms with Crippen LogP contribution in [0.5, 0.6) is 0 Å². The highest BCUT2D eigenvalue weighted by Crippen LogP contribution is 2.32. The van der Waals surface area contributed by atoms with Gasteiger partial charge in [-0.2, -0.15) is 0 Å². The number of cyclic esters (lactones) is 1. The summed E-state index contributed by atoms with van der Waals surface area (Å²) in [5, 5.41) is 0. The highest BCUT2D eigenvalue weighted by Gasteiger charge is 2.39. The highest BCUT2D eigenvalue weighted by atomic mass is 19.3. The standard InChI is InChI=1S/C20H19F3N4O3/c1-20(22,23)14-7-12(3-4-15(14)21)16-9-24-8-13(25-16)10-27-11-17(30-19(27)29)18(28)26-5-2-6-26/h3-4,7-9,17H,2,5-6,10-11H2,1H3/t17-/m1/s1. The van der Waals surface area contributed by atoms with Gasteiger partial charge in [0.2, 0.25) is 0 Å². The number of rotatable bonds is 5. The molecule has 3 heterocycles. The van der Waals surface area contributed by atoms with Gasteiger partial charge in [-0.25, -0.2) is 22.9 Å². The Morgan fingerprint density at radius 1 is 1.30 bits per heavy atom. The zero-order valence-corrected chi connectivity index (χ0v) is 16.1. The second-order valence-electron chi connectivity index (χ2n) is 7.41. The Kier molecular flexibility index (Phi) is 5.08. The molecule has 2 aromatic rings. The van der Waals surface area contributed by atoms with Crippen molar-refractivity contribution < 1.29 is 27.5 Å². The summed E-state index contributed by atoms with van der Waals surface area (Å²) in [6.45, 7) is 2.09. The van der Waals surface area contributed by atoms with Crippen LogP contribution in [0.4, 0.5) is 18.0 Å². The summed E-state index contributed by atoms with van der Waals surface area (Å²) in [5.41, 5.74) is 0.189. The molecular weight excluding hydrogens is 401 g/mol. The summed E-state index contributed by atoms with van der Waals surface area (Å²) in [7, 11) is 0. The molecule has 30 heavy (non-hydrogen) atoms. The Balaban J connectivity index is 1.50. The van der Waals surface area contributed by atoms with E-state index in [0.717, 1.165) is 18.6 Å². The second kappa shape index (κ2) is 7.58. The van der Waals surface area contributed by atoms with Crippen LogP contribution >= 0.6 is 0 Å². The summed E-state index contributed by atoms with van der Waals surface area (Å²) in [6.07, 6.45) is 2.26. The van der Waals surface area contributed by atoms with E-state index in [1.165, 1.54) is 23.4 Å². The van der Waals surface area contributed by atoms with Crippen LogP contribution in [0.2, 0.25) is 0 Å². The van der Waals surface area contributed by atoms with Crippen LogP contribution in [-0.2, 0) is 22.0 Å². The molecule has 4 rings (SSSR count). The van der Waals surface area contributed by atoms with Gasteiger partial charge in [-0.3, -0.25) is 14.7 Å². The third-order valence-corrected chi connectivity index (χ3v) is 5.10. The molecule has 0 bridgehead atoms. The van der Waals surface area contributed by atoms with E-state index in [1.54, 1.807) is 4.90 Å². The van der Waals surface area contributed by atoms with Crippen molar-refractivity contribution in [3.8, 4) is 11.3 Å². The van der Waals surface area contributed by atoms with E-state index in [2.05, 4.69) is 9.97 Å². The van der Waals surface area contributed by atoms with Crippen LogP contribution < -0.4 is 0 Å². The number of alkyl halides is 2. The zero-order chi connectivity index (χ0) is 21.5. The lowest BCUT2D eigenvalue weighted by molar-refractivity contribution is -0.142. The fourth-order valence-electron chi connectivity index (χ4n) is 3.34. The van der Waals surface area contributed by atoms with Gasteiger partial charge in [0.05, 0.1) is 42.4 Å². The Morgan fingerprint density at radius 3 is 2.73 bits per heavy atom. The molecule has 2 saturated heterocycles. The summed E-state index contributed by atoms with van der Waals surface area (Å²) in [4.78, 5) is 35.8. The molecule has 158 valence electrons. The third-order valence-electron chi connectivity index (χ3n) is 5.10. The molecule has 0 N–H and O–H groups in total. The smallest absolute Gasteiger partial charge is 0.411 e. The van der Waals surface area contributed by atoms with E-state index < -0.39 is 29.5 Å². The van der Waals surface area contributed by atoms with E-state index in [1.807, 2.05) is 0 Å². The highest BCUT2D eigenvalue weighted by molar-refractivity contribution is 5.86. The van der Waals surface area contributed by atoms with E-state index >= 15 is 0 Å². The first-order chi connectivity index (χ1) is 14.2. The quantitative estimate of drug-likeness (QED) is 0.744. The lowest BCUT2D eigenvalue weighted by atomic mass is 10.0. The van der Waals surface area contributed by atoms with Crippen molar-refractivity contribution in [2.45, 2.75) is 31.9 Å². The molecule has 0 spiro atoms. The number of ether oxygens (including phenoxy) is 1. The van der Waals surface area contributed by atoms with E-state index in [4.69, 9.17) is 4.74 Å². The third kappa shape index (κ3) is 3.94. The number of hydrogen-bond acceptors (Lipinski definition) is 5. The van der Waals surface area contributed by atoms with E-state index in [0.29, 0.717) is 25.7 Å². The molecule has 10 heteroatoms. The number of aromatic nitrogens is 2. The van der Waals surface area contributed by atoms with E-state index in [9.17, 15) is 22.8 Å². The number of halogens is 3. The predicted octanol–water partition coefficient (Wildman–Crippen LogP) is 2.95. The van der Waals surface area contributed by atoms with Crippen molar-refractivity contribution in [1.29, 1.82) is 0 Å². The Labute approximate surface area is 170 Å².